The predicted octanol–water partition coefficient (Wildman–Crippen LogP) is 2.68. The van der Waals surface area contributed by atoms with Gasteiger partial charge in [0.25, 0.3) is 5.91 Å². The molecule has 1 saturated heterocycles. The number of fused-ring (bicyclic) bond motifs is 3. The summed E-state index contributed by atoms with van der Waals surface area (Å²) in [7, 11) is 3.26. The van der Waals surface area contributed by atoms with Crippen LogP contribution in [0.5, 0.6) is 5.75 Å². The van der Waals surface area contributed by atoms with Crippen LogP contribution >= 0.6 is 11.6 Å². The van der Waals surface area contributed by atoms with E-state index in [-0.39, 0.29) is 5.91 Å². The lowest BCUT2D eigenvalue weighted by Crippen LogP contribution is -2.61. The number of ether oxygens (including phenoxy) is 1. The van der Waals surface area contributed by atoms with Crippen molar-refractivity contribution >= 4 is 29.5 Å². The first kappa shape index (κ1) is 19.4. The highest BCUT2D eigenvalue weighted by atomic mass is 35.5. The molecule has 0 bridgehead atoms. The molecule has 158 valence electrons. The Bertz CT molecular complexity index is 1180. The number of methoxy groups -OCH3 is 1. The zero-order valence-corrected chi connectivity index (χ0v) is 17.6. The molecule has 3 aromatic rings. The summed E-state index contributed by atoms with van der Waals surface area (Å²) in [5.74, 6) is 1.42. The van der Waals surface area contributed by atoms with Crippen LogP contribution in [0.25, 0.3) is 11.4 Å². The van der Waals surface area contributed by atoms with E-state index in [1.807, 2.05) is 51.9 Å². The van der Waals surface area contributed by atoms with Gasteiger partial charge in [-0.2, -0.15) is 0 Å². The number of amides is 3. The first-order valence-electron chi connectivity index (χ1n) is 9.66. The monoisotopic (exact) mass is 438 g/mol. The van der Waals surface area contributed by atoms with Crippen molar-refractivity contribution in [1.29, 1.82) is 0 Å². The Labute approximate surface area is 183 Å². The van der Waals surface area contributed by atoms with Gasteiger partial charge in [0, 0.05) is 24.2 Å². The number of anilines is 1. The predicted molar refractivity (Wildman–Crippen MR) is 114 cm³/mol. The second-order valence-electron chi connectivity index (χ2n) is 7.44. The molecule has 1 aromatic heterocycles. The fourth-order valence-corrected chi connectivity index (χ4v) is 4.35. The highest BCUT2D eigenvalue weighted by Gasteiger charge is 2.52. The Balaban J connectivity index is 1.62. The van der Waals surface area contributed by atoms with Crippen LogP contribution in [0, 0.1) is 0 Å². The molecule has 0 saturated carbocycles. The number of aromatic nitrogens is 3. The quantitative estimate of drug-likeness (QED) is 0.673. The fourth-order valence-electron chi connectivity index (χ4n) is 4.14. The minimum atomic E-state index is -0.649. The topological polar surface area (TPSA) is 92.6 Å². The molecule has 2 aliphatic rings. The summed E-state index contributed by atoms with van der Waals surface area (Å²) in [6.07, 6.45) is -0.581. The van der Waals surface area contributed by atoms with Crippen molar-refractivity contribution in [1.82, 2.24) is 25.0 Å². The van der Waals surface area contributed by atoms with Gasteiger partial charge >= 0.3 is 6.03 Å². The minimum absolute atomic E-state index is 0.374. The molecule has 31 heavy (non-hydrogen) atoms. The number of hydrogen-bond donors (Lipinski definition) is 1. The van der Waals surface area contributed by atoms with E-state index in [0.29, 0.717) is 23.3 Å². The van der Waals surface area contributed by atoms with Crippen molar-refractivity contribution < 1.29 is 14.3 Å². The number of rotatable bonds is 4. The van der Waals surface area contributed by atoms with Crippen molar-refractivity contribution in [2.75, 3.05) is 19.1 Å². The van der Waals surface area contributed by atoms with Gasteiger partial charge in [0.2, 0.25) is 5.95 Å². The summed E-state index contributed by atoms with van der Waals surface area (Å²) in [6, 6.07) is 13.7. The summed E-state index contributed by atoms with van der Waals surface area (Å²) in [5.41, 5.74) is 1.72. The van der Waals surface area contributed by atoms with E-state index in [0.717, 1.165) is 16.9 Å². The molecule has 1 N–H and O–H groups in total. The van der Waals surface area contributed by atoms with Gasteiger partial charge in [-0.05, 0) is 42.0 Å². The number of carbonyl (C=O) groups is 2. The molecule has 0 aliphatic carbocycles. The summed E-state index contributed by atoms with van der Waals surface area (Å²) in [5, 5.41) is 11.8. The number of halogens is 1. The second-order valence-corrected chi connectivity index (χ2v) is 7.88. The summed E-state index contributed by atoms with van der Waals surface area (Å²) in [6.45, 7) is 0.387. The Hall–Kier alpha value is -3.59. The van der Waals surface area contributed by atoms with Crippen molar-refractivity contribution in [3.63, 3.8) is 0 Å². The number of nitrogens with zero attached hydrogens (tertiary/aromatic N) is 5. The van der Waals surface area contributed by atoms with Gasteiger partial charge in [0.05, 0.1) is 7.11 Å². The van der Waals surface area contributed by atoms with E-state index in [1.165, 1.54) is 4.90 Å². The average molecular weight is 439 g/mol. The summed E-state index contributed by atoms with van der Waals surface area (Å²) < 4.78 is 7.08. The molecule has 10 heteroatoms. The lowest BCUT2D eigenvalue weighted by atomic mass is 10.1. The first-order valence-corrected chi connectivity index (χ1v) is 10.0. The molecule has 3 amide bonds. The van der Waals surface area contributed by atoms with Crippen LogP contribution in [-0.2, 0) is 11.3 Å². The van der Waals surface area contributed by atoms with Crippen molar-refractivity contribution in [3.8, 4) is 17.1 Å². The Kier molecular flexibility index (Phi) is 4.55. The number of carbonyl (C=O) groups excluding carboxylic acids is 2. The lowest BCUT2D eigenvalue weighted by Gasteiger charge is -2.37. The van der Waals surface area contributed by atoms with E-state index in [2.05, 4.69) is 15.5 Å². The standard InChI is InChI=1S/C21H19ClN6O3/c1-26-19-16(18(29)23-21(26)30)27(11-12-4-3-5-14(22)10-12)20-25-24-17(28(19)20)13-6-8-15(31-2)9-7-13/h3-10,16,19H,11H2,1-2H3,(H,23,29,30). The van der Waals surface area contributed by atoms with Crippen LogP contribution in [0.15, 0.2) is 48.5 Å². The SMILES string of the molecule is COc1ccc(-c2nnc3n2C2C(C(=O)NC(=O)N2C)N3Cc2cccc(Cl)c2)cc1. The second kappa shape index (κ2) is 7.28. The Morgan fingerprint density at radius 2 is 1.90 bits per heavy atom. The molecule has 2 atom stereocenters. The molecule has 2 aromatic carbocycles. The molecule has 2 aliphatic heterocycles. The van der Waals surface area contributed by atoms with Gasteiger partial charge in [0.1, 0.15) is 11.9 Å². The van der Waals surface area contributed by atoms with Gasteiger partial charge < -0.3 is 14.5 Å². The molecule has 3 heterocycles. The van der Waals surface area contributed by atoms with E-state index in [4.69, 9.17) is 16.3 Å². The third-order valence-corrected chi connectivity index (χ3v) is 5.86. The highest BCUT2D eigenvalue weighted by molar-refractivity contribution is 6.30. The van der Waals surface area contributed by atoms with Gasteiger partial charge in [-0.1, -0.05) is 23.7 Å². The van der Waals surface area contributed by atoms with Crippen LogP contribution in [0.3, 0.4) is 0 Å². The number of nitrogens with one attached hydrogen (secondary N) is 1. The average Bonchev–Trinajstić information content (AvgIpc) is 3.32. The molecular formula is C21H19ClN6O3. The molecule has 9 nitrogen and oxygen atoms in total. The largest absolute Gasteiger partial charge is 0.497 e. The molecule has 1 fully saturated rings. The minimum Gasteiger partial charge on any atom is -0.497 e. The smallest absolute Gasteiger partial charge is 0.325 e. The fraction of sp³-hybridized carbons (Fsp3) is 0.238. The summed E-state index contributed by atoms with van der Waals surface area (Å²) >= 11 is 6.15. The van der Waals surface area contributed by atoms with E-state index in [9.17, 15) is 9.59 Å². The van der Waals surface area contributed by atoms with Gasteiger partial charge in [-0.15, -0.1) is 10.2 Å². The molecule has 2 unspecified atom stereocenters. The number of benzene rings is 2. The zero-order valence-electron chi connectivity index (χ0n) is 16.8. The maximum absolute atomic E-state index is 12.9. The molecule has 0 radical (unpaired) electrons. The third kappa shape index (κ3) is 3.09. The lowest BCUT2D eigenvalue weighted by molar-refractivity contribution is -0.124. The molecule has 5 rings (SSSR count). The third-order valence-electron chi connectivity index (χ3n) is 5.62. The van der Waals surface area contributed by atoms with Crippen LogP contribution < -0.4 is 15.0 Å². The normalized spacial score (nSPS) is 19.8. The van der Waals surface area contributed by atoms with E-state index in [1.54, 1.807) is 20.2 Å². The molecular weight excluding hydrogens is 420 g/mol. The number of imide groups is 1. The van der Waals surface area contributed by atoms with E-state index >= 15 is 0 Å². The zero-order chi connectivity index (χ0) is 21.7. The Morgan fingerprint density at radius 1 is 1.13 bits per heavy atom. The first-order chi connectivity index (χ1) is 15.0. The summed E-state index contributed by atoms with van der Waals surface area (Å²) in [4.78, 5) is 28.7. The van der Waals surface area contributed by atoms with Crippen molar-refractivity contribution in [2.45, 2.75) is 18.8 Å². The van der Waals surface area contributed by atoms with Crippen LogP contribution in [0.2, 0.25) is 5.02 Å². The van der Waals surface area contributed by atoms with Gasteiger partial charge in [0.15, 0.2) is 11.9 Å². The van der Waals surface area contributed by atoms with Crippen LogP contribution in [0.4, 0.5) is 10.7 Å². The number of likely N-dealkylation sites (N-methyl/N-ethyl adjacent to an activating group) is 1. The Morgan fingerprint density at radius 3 is 2.61 bits per heavy atom. The van der Waals surface area contributed by atoms with Crippen molar-refractivity contribution in [3.05, 3.63) is 59.1 Å². The maximum atomic E-state index is 12.9. The highest BCUT2D eigenvalue weighted by Crippen LogP contribution is 2.41. The van der Waals surface area contributed by atoms with E-state index < -0.39 is 18.2 Å². The van der Waals surface area contributed by atoms with Crippen molar-refractivity contribution in [2.24, 2.45) is 0 Å². The van der Waals surface area contributed by atoms with Gasteiger partial charge in [-0.25, -0.2) is 4.79 Å². The number of urea groups is 1. The van der Waals surface area contributed by atoms with Crippen LogP contribution in [-0.4, -0.2) is 51.8 Å². The molecule has 0 spiro atoms. The van der Waals surface area contributed by atoms with Crippen LogP contribution in [0.1, 0.15) is 11.7 Å². The van der Waals surface area contributed by atoms with Gasteiger partial charge in [-0.3, -0.25) is 14.7 Å². The number of hydrogen-bond acceptors (Lipinski definition) is 6. The maximum Gasteiger partial charge on any atom is 0.325 e.